The van der Waals surface area contributed by atoms with Crippen molar-refractivity contribution >= 4 is 23.6 Å². The summed E-state index contributed by atoms with van der Waals surface area (Å²) in [5.41, 5.74) is -0.253. The molecule has 2 aliphatic heterocycles. The highest BCUT2D eigenvalue weighted by Gasteiger charge is 2.43. The van der Waals surface area contributed by atoms with Crippen LogP contribution in [0.25, 0.3) is 0 Å². The molecule has 2 saturated heterocycles. The van der Waals surface area contributed by atoms with Crippen LogP contribution in [-0.4, -0.2) is 60.7 Å². The number of benzene rings is 1. The zero-order valence-corrected chi connectivity index (χ0v) is 14.9. The monoisotopic (exact) mass is 361 g/mol. The Hall–Kier alpha value is -2.77. The number of amides is 3. The molecular formula is C18H23N3O5. The lowest BCUT2D eigenvalue weighted by atomic mass is 9.90. The predicted octanol–water partition coefficient (Wildman–Crippen LogP) is 1.31. The largest absolute Gasteiger partial charge is 0.495 e. The molecule has 0 radical (unpaired) electrons. The second-order valence-corrected chi connectivity index (χ2v) is 6.99. The zero-order valence-electron chi connectivity index (χ0n) is 14.9. The fraction of sp³-hybridized carbons (Fsp3) is 0.500. The molecule has 3 rings (SSSR count). The van der Waals surface area contributed by atoms with E-state index in [9.17, 15) is 19.5 Å². The first-order valence-electron chi connectivity index (χ1n) is 8.59. The lowest BCUT2D eigenvalue weighted by molar-refractivity contribution is -0.147. The van der Waals surface area contributed by atoms with E-state index in [1.54, 1.807) is 31.1 Å². The number of ether oxygens (including phenoxy) is 1. The van der Waals surface area contributed by atoms with Gasteiger partial charge in [-0.3, -0.25) is 9.59 Å². The molecule has 0 saturated carbocycles. The van der Waals surface area contributed by atoms with Gasteiger partial charge in [0.1, 0.15) is 11.8 Å². The molecule has 3 amide bonds. The van der Waals surface area contributed by atoms with Crippen LogP contribution in [0.2, 0.25) is 0 Å². The van der Waals surface area contributed by atoms with E-state index in [-0.39, 0.29) is 12.5 Å². The maximum atomic E-state index is 12.7. The van der Waals surface area contributed by atoms with Crippen molar-refractivity contribution < 1.29 is 24.2 Å². The Morgan fingerprint density at radius 1 is 1.31 bits per heavy atom. The summed E-state index contributed by atoms with van der Waals surface area (Å²) in [6.45, 7) is 2.63. The molecular weight excluding hydrogens is 338 g/mol. The minimum Gasteiger partial charge on any atom is -0.495 e. The van der Waals surface area contributed by atoms with Gasteiger partial charge in [0, 0.05) is 19.6 Å². The summed E-state index contributed by atoms with van der Waals surface area (Å²) in [6, 6.07) is 6.23. The van der Waals surface area contributed by atoms with E-state index in [4.69, 9.17) is 4.74 Å². The van der Waals surface area contributed by atoms with Gasteiger partial charge in [-0.05, 0) is 31.9 Å². The molecule has 2 aliphatic rings. The van der Waals surface area contributed by atoms with E-state index in [0.29, 0.717) is 37.4 Å². The standard InChI is InChI=1S/C18H23N3O5/c1-18(16(23)24)8-10-20(11-18)17(25)19-12-7-9-21(15(12)22)13-5-3-4-6-14(13)26-2/h3-6,12H,7-11H2,1-2H3,(H,19,25)(H,23,24). The van der Waals surface area contributed by atoms with E-state index in [0.717, 1.165) is 0 Å². The summed E-state index contributed by atoms with van der Waals surface area (Å²) in [4.78, 5) is 39.5. The van der Waals surface area contributed by atoms with Crippen LogP contribution in [0.15, 0.2) is 24.3 Å². The number of hydrogen-bond donors (Lipinski definition) is 2. The average molecular weight is 361 g/mol. The molecule has 2 unspecified atom stereocenters. The molecule has 140 valence electrons. The SMILES string of the molecule is COc1ccccc1N1CCC(NC(=O)N2CCC(C)(C(=O)O)C2)C1=O. The molecule has 0 aromatic heterocycles. The van der Waals surface area contributed by atoms with Crippen LogP contribution < -0.4 is 15.0 Å². The fourth-order valence-electron chi connectivity index (χ4n) is 3.46. The number of methoxy groups -OCH3 is 1. The summed E-state index contributed by atoms with van der Waals surface area (Å²) < 4.78 is 5.30. The Balaban J connectivity index is 1.64. The molecule has 0 bridgehead atoms. The van der Waals surface area contributed by atoms with Crippen LogP contribution in [0, 0.1) is 5.41 Å². The predicted molar refractivity (Wildman–Crippen MR) is 94.2 cm³/mol. The van der Waals surface area contributed by atoms with Crippen molar-refractivity contribution in [2.45, 2.75) is 25.8 Å². The number of para-hydroxylation sites is 2. The average Bonchev–Trinajstić information content (AvgIpc) is 3.20. The van der Waals surface area contributed by atoms with Gasteiger partial charge in [-0.1, -0.05) is 12.1 Å². The van der Waals surface area contributed by atoms with Crippen molar-refractivity contribution in [1.29, 1.82) is 0 Å². The van der Waals surface area contributed by atoms with E-state index in [2.05, 4.69) is 5.32 Å². The second kappa shape index (κ2) is 6.86. The van der Waals surface area contributed by atoms with Crippen molar-refractivity contribution in [3.05, 3.63) is 24.3 Å². The first kappa shape index (κ1) is 18.0. The van der Waals surface area contributed by atoms with E-state index in [1.807, 2.05) is 12.1 Å². The van der Waals surface area contributed by atoms with E-state index >= 15 is 0 Å². The normalized spacial score (nSPS) is 25.5. The second-order valence-electron chi connectivity index (χ2n) is 6.99. The van der Waals surface area contributed by atoms with Crippen molar-refractivity contribution in [1.82, 2.24) is 10.2 Å². The third-order valence-corrected chi connectivity index (χ3v) is 5.16. The lowest BCUT2D eigenvalue weighted by Crippen LogP contribution is -2.48. The first-order chi connectivity index (χ1) is 12.4. The Morgan fingerprint density at radius 3 is 2.69 bits per heavy atom. The van der Waals surface area contributed by atoms with Crippen LogP contribution in [0.3, 0.4) is 0 Å². The van der Waals surface area contributed by atoms with Gasteiger partial charge in [0.2, 0.25) is 5.91 Å². The van der Waals surface area contributed by atoms with Gasteiger partial charge in [0.15, 0.2) is 0 Å². The molecule has 1 aromatic rings. The third kappa shape index (κ3) is 3.18. The molecule has 2 atom stereocenters. The van der Waals surface area contributed by atoms with Gasteiger partial charge in [0.25, 0.3) is 0 Å². The lowest BCUT2D eigenvalue weighted by Gasteiger charge is -2.23. The van der Waals surface area contributed by atoms with Gasteiger partial charge in [-0.25, -0.2) is 4.79 Å². The molecule has 8 heteroatoms. The fourth-order valence-corrected chi connectivity index (χ4v) is 3.46. The number of carbonyl (C=O) groups excluding carboxylic acids is 2. The van der Waals surface area contributed by atoms with Gasteiger partial charge in [0.05, 0.1) is 18.2 Å². The third-order valence-electron chi connectivity index (χ3n) is 5.16. The van der Waals surface area contributed by atoms with Crippen LogP contribution in [0.1, 0.15) is 19.8 Å². The summed E-state index contributed by atoms with van der Waals surface area (Å²) in [7, 11) is 1.55. The summed E-state index contributed by atoms with van der Waals surface area (Å²) in [5, 5.41) is 12.0. The van der Waals surface area contributed by atoms with E-state index in [1.165, 1.54) is 4.90 Å². The van der Waals surface area contributed by atoms with Crippen LogP contribution in [-0.2, 0) is 9.59 Å². The van der Waals surface area contributed by atoms with Gasteiger partial charge < -0.3 is 25.0 Å². The number of carboxylic acids is 1. The van der Waals surface area contributed by atoms with Crippen molar-refractivity contribution in [2.75, 3.05) is 31.6 Å². The topological polar surface area (TPSA) is 99.2 Å². The highest BCUT2D eigenvalue weighted by molar-refractivity contribution is 6.02. The zero-order chi connectivity index (χ0) is 18.9. The first-order valence-corrected chi connectivity index (χ1v) is 8.59. The minimum atomic E-state index is -0.930. The van der Waals surface area contributed by atoms with Crippen molar-refractivity contribution in [3.8, 4) is 5.75 Å². The minimum absolute atomic E-state index is 0.144. The molecule has 26 heavy (non-hydrogen) atoms. The quantitative estimate of drug-likeness (QED) is 0.842. The molecule has 8 nitrogen and oxygen atoms in total. The Morgan fingerprint density at radius 2 is 2.04 bits per heavy atom. The molecule has 2 N–H and O–H groups in total. The number of likely N-dealkylation sites (tertiary alicyclic amines) is 1. The molecule has 0 aliphatic carbocycles. The Bertz CT molecular complexity index is 737. The number of rotatable bonds is 4. The smallest absolute Gasteiger partial charge is 0.318 e. The number of urea groups is 1. The maximum Gasteiger partial charge on any atom is 0.318 e. The number of carbonyl (C=O) groups is 3. The number of nitrogens with zero attached hydrogens (tertiary/aromatic N) is 2. The highest BCUT2D eigenvalue weighted by atomic mass is 16.5. The van der Waals surface area contributed by atoms with Crippen LogP contribution in [0.5, 0.6) is 5.75 Å². The number of aliphatic carboxylic acids is 1. The van der Waals surface area contributed by atoms with Gasteiger partial charge in [-0.2, -0.15) is 0 Å². The Labute approximate surface area is 151 Å². The molecule has 0 spiro atoms. The van der Waals surface area contributed by atoms with Crippen LogP contribution in [0.4, 0.5) is 10.5 Å². The Kier molecular flexibility index (Phi) is 4.76. The summed E-state index contributed by atoms with van der Waals surface area (Å²) in [5.74, 6) is -0.500. The van der Waals surface area contributed by atoms with Crippen molar-refractivity contribution in [3.63, 3.8) is 0 Å². The van der Waals surface area contributed by atoms with Crippen LogP contribution >= 0.6 is 0 Å². The molecule has 2 fully saturated rings. The summed E-state index contributed by atoms with van der Waals surface area (Å²) >= 11 is 0. The van der Waals surface area contributed by atoms with Gasteiger partial charge in [-0.15, -0.1) is 0 Å². The van der Waals surface area contributed by atoms with Gasteiger partial charge >= 0.3 is 12.0 Å². The number of anilines is 1. The number of nitrogens with one attached hydrogen (secondary N) is 1. The van der Waals surface area contributed by atoms with Crippen molar-refractivity contribution in [2.24, 2.45) is 5.41 Å². The molecule has 1 aromatic carbocycles. The molecule has 2 heterocycles. The van der Waals surface area contributed by atoms with E-state index < -0.39 is 23.5 Å². The summed E-state index contributed by atoms with van der Waals surface area (Å²) in [6.07, 6.45) is 0.897. The highest BCUT2D eigenvalue weighted by Crippen LogP contribution is 2.32. The maximum absolute atomic E-state index is 12.7. The number of hydrogen-bond acceptors (Lipinski definition) is 4. The number of carboxylic acid groups (broad SMARTS) is 1.